The Balaban J connectivity index is 1.81. The van der Waals surface area contributed by atoms with E-state index in [4.69, 9.17) is 0 Å². The second kappa shape index (κ2) is 6.61. The summed E-state index contributed by atoms with van der Waals surface area (Å²) in [4.78, 5) is 1.31. The molecule has 1 unspecified atom stereocenters. The fourth-order valence-corrected chi connectivity index (χ4v) is 2.25. The van der Waals surface area contributed by atoms with Crippen LogP contribution in [0.25, 0.3) is 0 Å². The molecule has 0 aliphatic carbocycles. The highest BCUT2D eigenvalue weighted by Gasteiger charge is 2.04. The summed E-state index contributed by atoms with van der Waals surface area (Å²) in [5.41, 5.74) is 1.33. The van der Waals surface area contributed by atoms with Gasteiger partial charge in [-0.3, -0.25) is 4.68 Å². The molecule has 1 atom stereocenters. The maximum Gasteiger partial charge on any atom is 0.0534 e. The summed E-state index contributed by atoms with van der Waals surface area (Å²) in [5, 5.41) is 7.69. The Morgan fingerprint density at radius 3 is 2.72 bits per heavy atom. The zero-order chi connectivity index (χ0) is 12.8. The summed E-state index contributed by atoms with van der Waals surface area (Å²) < 4.78 is 1.94. The lowest BCUT2D eigenvalue weighted by Gasteiger charge is -2.14. The molecule has 4 heteroatoms. The van der Waals surface area contributed by atoms with E-state index in [1.807, 2.05) is 23.1 Å². The molecule has 96 valence electrons. The standard InChI is InChI=1S/C14H19N3S/c1-12(13-4-6-14(18-2)7-5-13)15-9-11-17-10-3-8-16-17/h3-8,10,12,15H,9,11H2,1-2H3. The quantitative estimate of drug-likeness (QED) is 0.811. The summed E-state index contributed by atoms with van der Waals surface area (Å²) >= 11 is 1.77. The number of nitrogens with one attached hydrogen (secondary N) is 1. The fraction of sp³-hybridized carbons (Fsp3) is 0.357. The number of rotatable bonds is 6. The van der Waals surface area contributed by atoms with Gasteiger partial charge in [0.25, 0.3) is 0 Å². The molecule has 18 heavy (non-hydrogen) atoms. The molecule has 1 aromatic heterocycles. The van der Waals surface area contributed by atoms with E-state index in [1.54, 1.807) is 11.8 Å². The molecule has 1 aromatic carbocycles. The van der Waals surface area contributed by atoms with Gasteiger partial charge in [-0.1, -0.05) is 12.1 Å². The van der Waals surface area contributed by atoms with Gasteiger partial charge in [-0.25, -0.2) is 0 Å². The summed E-state index contributed by atoms with van der Waals surface area (Å²) in [6.07, 6.45) is 5.89. The van der Waals surface area contributed by atoms with Gasteiger partial charge in [0.05, 0.1) is 6.54 Å². The van der Waals surface area contributed by atoms with Crippen molar-refractivity contribution in [3.63, 3.8) is 0 Å². The first-order chi connectivity index (χ1) is 8.79. The van der Waals surface area contributed by atoms with Gasteiger partial charge in [-0.05, 0) is 36.9 Å². The highest BCUT2D eigenvalue weighted by atomic mass is 32.2. The number of nitrogens with zero attached hydrogens (tertiary/aromatic N) is 2. The topological polar surface area (TPSA) is 29.9 Å². The van der Waals surface area contributed by atoms with Gasteiger partial charge in [0.2, 0.25) is 0 Å². The Morgan fingerprint density at radius 1 is 1.33 bits per heavy atom. The maximum absolute atomic E-state index is 4.18. The number of thioether (sulfide) groups is 1. The Bertz CT molecular complexity index is 450. The summed E-state index contributed by atoms with van der Waals surface area (Å²) in [7, 11) is 0. The van der Waals surface area contributed by atoms with Gasteiger partial charge >= 0.3 is 0 Å². The summed E-state index contributed by atoms with van der Waals surface area (Å²) in [6.45, 7) is 4.02. The van der Waals surface area contributed by atoms with Crippen LogP contribution in [0.15, 0.2) is 47.6 Å². The molecule has 0 saturated heterocycles. The van der Waals surface area contributed by atoms with E-state index < -0.39 is 0 Å². The number of hydrogen-bond donors (Lipinski definition) is 1. The predicted molar refractivity (Wildman–Crippen MR) is 76.9 cm³/mol. The summed E-state index contributed by atoms with van der Waals surface area (Å²) in [6, 6.07) is 11.0. The van der Waals surface area contributed by atoms with Crippen molar-refractivity contribution in [2.24, 2.45) is 0 Å². The van der Waals surface area contributed by atoms with Crippen molar-refractivity contribution < 1.29 is 0 Å². The average Bonchev–Trinajstić information content (AvgIpc) is 2.92. The molecule has 0 amide bonds. The van der Waals surface area contributed by atoms with E-state index in [-0.39, 0.29) is 0 Å². The molecule has 3 nitrogen and oxygen atoms in total. The van der Waals surface area contributed by atoms with Crippen LogP contribution in [0.4, 0.5) is 0 Å². The zero-order valence-electron chi connectivity index (χ0n) is 10.8. The van der Waals surface area contributed by atoms with E-state index in [0.717, 1.165) is 13.1 Å². The highest BCUT2D eigenvalue weighted by Crippen LogP contribution is 2.18. The van der Waals surface area contributed by atoms with Crippen molar-refractivity contribution in [1.29, 1.82) is 0 Å². The Morgan fingerprint density at radius 2 is 2.11 bits per heavy atom. The minimum absolute atomic E-state index is 0.372. The second-order valence-electron chi connectivity index (χ2n) is 4.22. The van der Waals surface area contributed by atoms with Gasteiger partial charge in [0.1, 0.15) is 0 Å². The maximum atomic E-state index is 4.18. The van der Waals surface area contributed by atoms with Gasteiger partial charge in [0.15, 0.2) is 0 Å². The molecular weight excluding hydrogens is 242 g/mol. The predicted octanol–water partition coefficient (Wildman–Crippen LogP) is 2.96. The van der Waals surface area contributed by atoms with E-state index in [2.05, 4.69) is 47.9 Å². The first-order valence-electron chi connectivity index (χ1n) is 6.14. The third-order valence-corrected chi connectivity index (χ3v) is 3.71. The Labute approximate surface area is 113 Å². The van der Waals surface area contributed by atoms with E-state index >= 15 is 0 Å². The van der Waals surface area contributed by atoms with E-state index in [0.29, 0.717) is 6.04 Å². The minimum atomic E-state index is 0.372. The molecule has 0 saturated carbocycles. The normalized spacial score (nSPS) is 12.6. The van der Waals surface area contributed by atoms with Crippen LogP contribution in [-0.4, -0.2) is 22.6 Å². The van der Waals surface area contributed by atoms with Crippen LogP contribution >= 0.6 is 11.8 Å². The van der Waals surface area contributed by atoms with Crippen molar-refractivity contribution >= 4 is 11.8 Å². The fourth-order valence-electron chi connectivity index (χ4n) is 1.84. The average molecular weight is 261 g/mol. The lowest BCUT2D eigenvalue weighted by molar-refractivity contribution is 0.507. The molecule has 0 bridgehead atoms. The van der Waals surface area contributed by atoms with Crippen LogP contribution in [0.5, 0.6) is 0 Å². The smallest absolute Gasteiger partial charge is 0.0534 e. The first-order valence-corrected chi connectivity index (χ1v) is 7.37. The van der Waals surface area contributed by atoms with Gasteiger partial charge < -0.3 is 5.32 Å². The molecule has 2 rings (SSSR count). The van der Waals surface area contributed by atoms with Crippen molar-refractivity contribution in [2.75, 3.05) is 12.8 Å². The summed E-state index contributed by atoms with van der Waals surface area (Å²) in [5.74, 6) is 0. The van der Waals surface area contributed by atoms with E-state index in [1.165, 1.54) is 10.5 Å². The second-order valence-corrected chi connectivity index (χ2v) is 5.10. The molecular formula is C14H19N3S. The van der Waals surface area contributed by atoms with Crippen LogP contribution in [-0.2, 0) is 6.54 Å². The van der Waals surface area contributed by atoms with Crippen molar-refractivity contribution in [1.82, 2.24) is 15.1 Å². The molecule has 1 heterocycles. The highest BCUT2D eigenvalue weighted by molar-refractivity contribution is 7.98. The van der Waals surface area contributed by atoms with Crippen molar-refractivity contribution in [3.05, 3.63) is 48.3 Å². The molecule has 1 N–H and O–H groups in total. The van der Waals surface area contributed by atoms with Crippen molar-refractivity contribution in [3.8, 4) is 0 Å². The van der Waals surface area contributed by atoms with Crippen LogP contribution in [0.2, 0.25) is 0 Å². The third-order valence-electron chi connectivity index (χ3n) is 2.97. The van der Waals surface area contributed by atoms with Crippen LogP contribution in [0.3, 0.4) is 0 Å². The largest absolute Gasteiger partial charge is 0.308 e. The number of aromatic nitrogens is 2. The molecule has 0 fully saturated rings. The van der Waals surface area contributed by atoms with Crippen LogP contribution in [0.1, 0.15) is 18.5 Å². The SMILES string of the molecule is CSc1ccc(C(C)NCCn2cccn2)cc1. The lowest BCUT2D eigenvalue weighted by Crippen LogP contribution is -2.23. The number of benzene rings is 1. The van der Waals surface area contributed by atoms with Gasteiger partial charge in [-0.15, -0.1) is 11.8 Å². The zero-order valence-corrected chi connectivity index (χ0v) is 11.7. The monoisotopic (exact) mass is 261 g/mol. The van der Waals surface area contributed by atoms with Gasteiger partial charge in [-0.2, -0.15) is 5.10 Å². The molecule has 0 aliphatic heterocycles. The number of hydrogen-bond acceptors (Lipinski definition) is 3. The molecule has 0 aliphatic rings. The Kier molecular flexibility index (Phi) is 4.84. The first kappa shape index (κ1) is 13.2. The van der Waals surface area contributed by atoms with Gasteiger partial charge in [0, 0.05) is 29.9 Å². The molecule has 2 aromatic rings. The van der Waals surface area contributed by atoms with Crippen LogP contribution in [0, 0.1) is 0 Å². The lowest BCUT2D eigenvalue weighted by atomic mass is 10.1. The minimum Gasteiger partial charge on any atom is -0.308 e. The van der Waals surface area contributed by atoms with Crippen LogP contribution < -0.4 is 5.32 Å². The van der Waals surface area contributed by atoms with Crippen molar-refractivity contribution in [2.45, 2.75) is 24.4 Å². The third kappa shape index (κ3) is 3.62. The van der Waals surface area contributed by atoms with E-state index in [9.17, 15) is 0 Å². The Hall–Kier alpha value is -1.26. The molecule has 0 spiro atoms. The molecule has 0 radical (unpaired) electrons.